The van der Waals surface area contributed by atoms with Crippen LogP contribution in [0.3, 0.4) is 0 Å². The molecule has 8 nitrogen and oxygen atoms in total. The summed E-state index contributed by atoms with van der Waals surface area (Å²) in [5.41, 5.74) is 1.93. The van der Waals surface area contributed by atoms with Gasteiger partial charge in [0.15, 0.2) is 0 Å². The van der Waals surface area contributed by atoms with Gasteiger partial charge in [-0.15, -0.1) is 0 Å². The number of amides is 2. The zero-order valence-electron chi connectivity index (χ0n) is 25.0. The first-order chi connectivity index (χ1) is 21.1. The maximum absolute atomic E-state index is 14.1. The van der Waals surface area contributed by atoms with Gasteiger partial charge in [-0.05, 0) is 61.2 Å². The Kier molecular flexibility index (Phi) is 11.9. The van der Waals surface area contributed by atoms with Gasteiger partial charge in [-0.2, -0.15) is 0 Å². The topological polar surface area (TPSA) is 96.0 Å². The summed E-state index contributed by atoms with van der Waals surface area (Å²) in [6.45, 7) is 0.108. The van der Waals surface area contributed by atoms with Crippen LogP contribution in [-0.4, -0.2) is 57.1 Å². The number of nitrogens with zero attached hydrogens (tertiary/aromatic N) is 2. The number of nitrogens with one attached hydrogen (secondary N) is 1. The van der Waals surface area contributed by atoms with Crippen LogP contribution in [0.4, 0.5) is 5.69 Å². The van der Waals surface area contributed by atoms with Crippen LogP contribution in [0.25, 0.3) is 0 Å². The molecule has 0 heterocycles. The number of ether oxygens (including phenoxy) is 1. The first-order valence-electron chi connectivity index (χ1n) is 14.7. The number of benzene rings is 3. The molecule has 3 aromatic rings. The van der Waals surface area contributed by atoms with E-state index < -0.39 is 16.1 Å². The minimum atomic E-state index is -3.63. The van der Waals surface area contributed by atoms with Crippen LogP contribution in [0.1, 0.15) is 49.7 Å². The molecular weight excluding hydrogens is 621 g/mol. The average Bonchev–Trinajstić information content (AvgIpc) is 3.51. The van der Waals surface area contributed by atoms with Crippen LogP contribution in [0.2, 0.25) is 10.0 Å². The van der Waals surface area contributed by atoms with Gasteiger partial charge >= 0.3 is 0 Å². The molecule has 0 bridgehead atoms. The second kappa shape index (κ2) is 15.6. The molecule has 1 atom stereocenters. The van der Waals surface area contributed by atoms with Crippen molar-refractivity contribution in [2.24, 2.45) is 0 Å². The van der Waals surface area contributed by atoms with Crippen LogP contribution >= 0.6 is 23.2 Å². The molecule has 1 aliphatic rings. The molecule has 11 heteroatoms. The maximum Gasteiger partial charge on any atom is 0.243 e. The Morgan fingerprint density at radius 3 is 2.18 bits per heavy atom. The molecule has 44 heavy (non-hydrogen) atoms. The Morgan fingerprint density at radius 1 is 0.955 bits per heavy atom. The van der Waals surface area contributed by atoms with Crippen LogP contribution in [-0.2, 0) is 32.6 Å². The summed E-state index contributed by atoms with van der Waals surface area (Å²) >= 11 is 13.1. The molecule has 0 radical (unpaired) electrons. The van der Waals surface area contributed by atoms with E-state index in [0.717, 1.165) is 37.5 Å². The smallest absolute Gasteiger partial charge is 0.243 e. The van der Waals surface area contributed by atoms with E-state index in [2.05, 4.69) is 5.32 Å². The van der Waals surface area contributed by atoms with Gasteiger partial charge in [-0.25, -0.2) is 8.42 Å². The molecule has 1 fully saturated rings. The Labute approximate surface area is 270 Å². The summed E-state index contributed by atoms with van der Waals surface area (Å²) in [6.07, 6.45) is 5.58. The van der Waals surface area contributed by atoms with Crippen molar-refractivity contribution in [2.45, 2.75) is 63.6 Å². The number of sulfonamides is 1. The second-order valence-corrected chi connectivity index (χ2v) is 13.8. The van der Waals surface area contributed by atoms with Crippen molar-refractivity contribution < 1.29 is 22.7 Å². The van der Waals surface area contributed by atoms with Gasteiger partial charge in [-0.3, -0.25) is 13.9 Å². The van der Waals surface area contributed by atoms with Crippen molar-refractivity contribution in [3.05, 3.63) is 94.0 Å². The molecule has 0 aromatic heterocycles. The van der Waals surface area contributed by atoms with Crippen LogP contribution < -0.4 is 14.4 Å². The summed E-state index contributed by atoms with van der Waals surface area (Å²) < 4.78 is 31.9. The van der Waals surface area contributed by atoms with E-state index in [-0.39, 0.29) is 43.8 Å². The lowest BCUT2D eigenvalue weighted by atomic mass is 10.0. The third-order valence-corrected chi connectivity index (χ3v) is 9.78. The van der Waals surface area contributed by atoms with Gasteiger partial charge < -0.3 is 15.0 Å². The highest BCUT2D eigenvalue weighted by molar-refractivity contribution is 7.92. The first kappa shape index (κ1) is 33.6. The predicted molar refractivity (Wildman–Crippen MR) is 176 cm³/mol. The molecule has 236 valence electrons. The van der Waals surface area contributed by atoms with Gasteiger partial charge in [0, 0.05) is 47.6 Å². The molecule has 1 N–H and O–H groups in total. The van der Waals surface area contributed by atoms with Crippen LogP contribution in [0, 0.1) is 0 Å². The Bertz CT molecular complexity index is 1490. The normalized spacial score (nSPS) is 14.2. The predicted octanol–water partition coefficient (Wildman–Crippen LogP) is 6.25. The summed E-state index contributed by atoms with van der Waals surface area (Å²) in [5.74, 6) is 0.0755. The van der Waals surface area contributed by atoms with Crippen molar-refractivity contribution in [2.75, 3.05) is 24.2 Å². The minimum Gasteiger partial charge on any atom is -0.497 e. The summed E-state index contributed by atoms with van der Waals surface area (Å²) in [6, 6.07) is 20.6. The molecule has 0 spiro atoms. The van der Waals surface area contributed by atoms with Crippen molar-refractivity contribution in [3.8, 4) is 5.75 Å². The van der Waals surface area contributed by atoms with E-state index in [9.17, 15) is 18.0 Å². The molecule has 2 amide bonds. The quantitative estimate of drug-likeness (QED) is 0.221. The standard InChI is InChI=1S/C33H39Cl2N3O5S/c1-43-27-19-17-26(18-20-27)38(44(2,41)42)21-9-16-32(39)37(23-28-29(34)14-8-15-30(28)35)31(22-24-10-4-3-5-11-24)33(40)36-25-12-6-7-13-25/h3-5,8,10-11,14-15,17-20,25,31H,6-7,9,12-13,16,21-23H2,1-2H3,(H,36,40)/t31-/m0/s1. The number of anilines is 1. The fourth-order valence-electron chi connectivity index (χ4n) is 5.53. The van der Waals surface area contributed by atoms with E-state index in [0.29, 0.717) is 33.5 Å². The lowest BCUT2D eigenvalue weighted by Crippen LogP contribution is -2.52. The van der Waals surface area contributed by atoms with Gasteiger partial charge in [0.05, 0.1) is 19.1 Å². The number of carbonyl (C=O) groups is 2. The fraction of sp³-hybridized carbons (Fsp3) is 0.394. The third-order valence-electron chi connectivity index (χ3n) is 7.88. The SMILES string of the molecule is COc1ccc(N(CCCC(=O)N(Cc2c(Cl)cccc2Cl)[C@@H](Cc2ccccc2)C(=O)NC2CCCC2)S(C)(=O)=O)cc1. The minimum absolute atomic E-state index is 0.00620. The molecule has 1 aliphatic carbocycles. The van der Waals surface area contributed by atoms with Gasteiger partial charge in [-0.1, -0.05) is 72.4 Å². The Balaban J connectivity index is 1.61. The number of rotatable bonds is 14. The summed E-state index contributed by atoms with van der Waals surface area (Å²) in [7, 11) is -2.09. The third kappa shape index (κ3) is 9.13. The number of hydrogen-bond donors (Lipinski definition) is 1. The van der Waals surface area contributed by atoms with Crippen LogP contribution in [0.5, 0.6) is 5.75 Å². The van der Waals surface area contributed by atoms with Gasteiger partial charge in [0.2, 0.25) is 21.8 Å². The maximum atomic E-state index is 14.1. The largest absolute Gasteiger partial charge is 0.497 e. The van der Waals surface area contributed by atoms with E-state index in [1.54, 1.807) is 47.4 Å². The van der Waals surface area contributed by atoms with E-state index in [4.69, 9.17) is 27.9 Å². The summed E-state index contributed by atoms with van der Waals surface area (Å²) in [5, 5.41) is 3.97. The summed E-state index contributed by atoms with van der Waals surface area (Å²) in [4.78, 5) is 29.5. The molecule has 0 aliphatic heterocycles. The van der Waals surface area contributed by atoms with Gasteiger partial charge in [0.1, 0.15) is 11.8 Å². The van der Waals surface area contributed by atoms with Crippen molar-refractivity contribution in [1.82, 2.24) is 10.2 Å². The monoisotopic (exact) mass is 659 g/mol. The van der Waals surface area contributed by atoms with Crippen molar-refractivity contribution in [1.29, 1.82) is 0 Å². The Morgan fingerprint density at radius 2 is 1.59 bits per heavy atom. The fourth-order valence-corrected chi connectivity index (χ4v) is 7.01. The lowest BCUT2D eigenvalue weighted by Gasteiger charge is -2.33. The molecule has 0 saturated heterocycles. The highest BCUT2D eigenvalue weighted by atomic mass is 35.5. The molecule has 1 saturated carbocycles. The second-order valence-electron chi connectivity index (χ2n) is 11.1. The highest BCUT2D eigenvalue weighted by Crippen LogP contribution is 2.28. The van der Waals surface area contributed by atoms with Crippen molar-refractivity contribution in [3.63, 3.8) is 0 Å². The molecule has 0 unspecified atom stereocenters. The highest BCUT2D eigenvalue weighted by Gasteiger charge is 2.33. The molecular formula is C33H39Cl2N3O5S. The van der Waals surface area contributed by atoms with E-state index in [1.165, 1.54) is 11.4 Å². The number of methoxy groups -OCH3 is 1. The van der Waals surface area contributed by atoms with E-state index in [1.807, 2.05) is 30.3 Å². The average molecular weight is 661 g/mol. The number of halogens is 2. The first-order valence-corrected chi connectivity index (χ1v) is 17.4. The number of carbonyl (C=O) groups excluding carboxylic acids is 2. The van der Waals surface area contributed by atoms with Gasteiger partial charge in [0.25, 0.3) is 0 Å². The lowest BCUT2D eigenvalue weighted by molar-refractivity contribution is -0.141. The molecule has 3 aromatic carbocycles. The van der Waals surface area contributed by atoms with Crippen molar-refractivity contribution >= 4 is 50.7 Å². The van der Waals surface area contributed by atoms with E-state index >= 15 is 0 Å². The zero-order valence-corrected chi connectivity index (χ0v) is 27.4. The van der Waals surface area contributed by atoms with Crippen LogP contribution in [0.15, 0.2) is 72.8 Å². The molecule has 4 rings (SSSR count). The number of hydrogen-bond acceptors (Lipinski definition) is 5. The Hall–Kier alpha value is -3.27. The zero-order chi connectivity index (χ0) is 31.7.